The molecule has 0 unspecified atom stereocenters. The van der Waals surface area contributed by atoms with Gasteiger partial charge in [0.15, 0.2) is 0 Å². The van der Waals surface area contributed by atoms with Gasteiger partial charge in [0.25, 0.3) is 0 Å². The first-order chi connectivity index (χ1) is 5.47. The number of hydrogen-bond acceptors (Lipinski definition) is 4. The van der Waals surface area contributed by atoms with Gasteiger partial charge in [-0.2, -0.15) is 0 Å². The SMILES string of the molecule is c1cnc([C]2NCCO2)cn1. The minimum atomic E-state index is 0.714. The topological polar surface area (TPSA) is 47.0 Å². The average Bonchev–Trinajstić information content (AvgIpc) is 2.58. The van der Waals surface area contributed by atoms with Gasteiger partial charge < -0.3 is 4.74 Å². The molecule has 11 heavy (non-hydrogen) atoms. The highest BCUT2D eigenvalue weighted by atomic mass is 16.5. The van der Waals surface area contributed by atoms with Crippen LogP contribution < -0.4 is 5.32 Å². The van der Waals surface area contributed by atoms with E-state index in [2.05, 4.69) is 15.3 Å². The Bertz CT molecular complexity index is 220. The molecule has 1 aliphatic heterocycles. The van der Waals surface area contributed by atoms with Gasteiger partial charge in [-0.25, -0.2) is 0 Å². The minimum absolute atomic E-state index is 0.714. The predicted molar refractivity (Wildman–Crippen MR) is 38.3 cm³/mol. The minimum Gasteiger partial charge on any atom is -0.349 e. The van der Waals surface area contributed by atoms with E-state index in [0.29, 0.717) is 6.61 Å². The number of hydrogen-bond donors (Lipinski definition) is 1. The van der Waals surface area contributed by atoms with Crippen molar-refractivity contribution in [2.75, 3.05) is 13.2 Å². The van der Waals surface area contributed by atoms with Crippen LogP contribution in [0.25, 0.3) is 0 Å². The Morgan fingerprint density at radius 3 is 3.09 bits per heavy atom. The molecule has 0 atom stereocenters. The molecule has 0 aromatic carbocycles. The third-order valence-corrected chi connectivity index (χ3v) is 1.43. The Hall–Kier alpha value is -1.00. The molecule has 0 bridgehead atoms. The number of rotatable bonds is 1. The maximum atomic E-state index is 5.24. The highest BCUT2D eigenvalue weighted by Gasteiger charge is 2.19. The third kappa shape index (κ3) is 1.36. The van der Waals surface area contributed by atoms with Crippen molar-refractivity contribution in [3.05, 3.63) is 30.5 Å². The summed E-state index contributed by atoms with van der Waals surface area (Å²) in [5, 5.41) is 3.06. The second-order valence-corrected chi connectivity index (χ2v) is 2.20. The van der Waals surface area contributed by atoms with E-state index in [0.717, 1.165) is 18.5 Å². The summed E-state index contributed by atoms with van der Waals surface area (Å²) < 4.78 is 5.24. The molecule has 0 aliphatic carbocycles. The lowest BCUT2D eigenvalue weighted by atomic mass is 10.4. The number of aromatic nitrogens is 2. The van der Waals surface area contributed by atoms with E-state index in [4.69, 9.17) is 4.74 Å². The summed E-state index contributed by atoms with van der Waals surface area (Å²) >= 11 is 0. The van der Waals surface area contributed by atoms with Crippen LogP contribution in [0.1, 0.15) is 5.69 Å². The van der Waals surface area contributed by atoms with Gasteiger partial charge in [0.2, 0.25) is 6.23 Å². The van der Waals surface area contributed by atoms with Crippen LogP contribution in [0.3, 0.4) is 0 Å². The molecule has 2 rings (SSSR count). The van der Waals surface area contributed by atoms with Crippen molar-refractivity contribution in [3.8, 4) is 0 Å². The van der Waals surface area contributed by atoms with Gasteiger partial charge in [-0.1, -0.05) is 0 Å². The van der Waals surface area contributed by atoms with Gasteiger partial charge in [-0.05, 0) is 0 Å². The molecule has 1 saturated heterocycles. The maximum absolute atomic E-state index is 5.24. The second kappa shape index (κ2) is 2.94. The highest BCUT2D eigenvalue weighted by molar-refractivity contribution is 5.13. The molecule has 0 amide bonds. The zero-order valence-electron chi connectivity index (χ0n) is 5.95. The highest BCUT2D eigenvalue weighted by Crippen LogP contribution is 2.11. The fourth-order valence-corrected chi connectivity index (χ4v) is 0.950. The molecular formula is C7H8N3O. The van der Waals surface area contributed by atoms with E-state index in [1.54, 1.807) is 18.6 Å². The monoisotopic (exact) mass is 150 g/mol. The van der Waals surface area contributed by atoms with Crippen molar-refractivity contribution < 1.29 is 4.74 Å². The first-order valence-corrected chi connectivity index (χ1v) is 3.47. The van der Waals surface area contributed by atoms with Gasteiger partial charge >= 0.3 is 0 Å². The van der Waals surface area contributed by atoms with Crippen molar-refractivity contribution in [3.63, 3.8) is 0 Å². The van der Waals surface area contributed by atoms with E-state index in [-0.39, 0.29) is 0 Å². The molecule has 57 valence electrons. The Labute approximate surface area is 64.6 Å². The van der Waals surface area contributed by atoms with Crippen molar-refractivity contribution >= 4 is 0 Å². The van der Waals surface area contributed by atoms with Crippen molar-refractivity contribution in [1.29, 1.82) is 0 Å². The molecule has 4 heteroatoms. The van der Waals surface area contributed by atoms with E-state index < -0.39 is 0 Å². The molecule has 1 aromatic heterocycles. The van der Waals surface area contributed by atoms with E-state index in [1.807, 2.05) is 0 Å². The van der Waals surface area contributed by atoms with Gasteiger partial charge in [0.05, 0.1) is 12.8 Å². The Balaban J connectivity index is 2.16. The number of ether oxygens (including phenoxy) is 1. The Kier molecular flexibility index (Phi) is 1.79. The maximum Gasteiger partial charge on any atom is 0.213 e. The van der Waals surface area contributed by atoms with Crippen molar-refractivity contribution in [2.24, 2.45) is 0 Å². The van der Waals surface area contributed by atoms with E-state index >= 15 is 0 Å². The van der Waals surface area contributed by atoms with Crippen LogP contribution in [0, 0.1) is 6.23 Å². The first-order valence-electron chi connectivity index (χ1n) is 3.47. The molecule has 0 saturated carbocycles. The van der Waals surface area contributed by atoms with Crippen molar-refractivity contribution in [1.82, 2.24) is 15.3 Å². The average molecular weight is 150 g/mol. The molecular weight excluding hydrogens is 142 g/mol. The molecule has 4 nitrogen and oxygen atoms in total. The quantitative estimate of drug-likeness (QED) is 0.609. The molecule has 1 fully saturated rings. The van der Waals surface area contributed by atoms with Crippen LogP contribution in [0.4, 0.5) is 0 Å². The van der Waals surface area contributed by atoms with Crippen LogP contribution in [-0.2, 0) is 4.74 Å². The van der Waals surface area contributed by atoms with Crippen LogP contribution >= 0.6 is 0 Å². The van der Waals surface area contributed by atoms with Gasteiger partial charge in [-0.15, -0.1) is 0 Å². The lowest BCUT2D eigenvalue weighted by Gasteiger charge is -2.04. The lowest BCUT2D eigenvalue weighted by molar-refractivity contribution is 0.211. The van der Waals surface area contributed by atoms with Gasteiger partial charge in [0, 0.05) is 18.9 Å². The van der Waals surface area contributed by atoms with Gasteiger partial charge in [-0.3, -0.25) is 15.3 Å². The van der Waals surface area contributed by atoms with Crippen LogP contribution in [0.2, 0.25) is 0 Å². The zero-order chi connectivity index (χ0) is 7.52. The van der Waals surface area contributed by atoms with Crippen LogP contribution in [-0.4, -0.2) is 23.1 Å². The fourth-order valence-electron chi connectivity index (χ4n) is 0.950. The standard InChI is InChI=1S/C7H8N3O/c1-2-9-6(5-8-1)7-10-3-4-11-7/h1-2,5,10H,3-4H2. The molecule has 1 N–H and O–H groups in total. The summed E-state index contributed by atoms with van der Waals surface area (Å²) in [6, 6.07) is 0. The Morgan fingerprint density at radius 2 is 2.45 bits per heavy atom. The molecule has 1 aromatic rings. The normalized spacial score (nSPS) is 18.9. The van der Waals surface area contributed by atoms with E-state index in [9.17, 15) is 0 Å². The van der Waals surface area contributed by atoms with Crippen LogP contribution in [0.5, 0.6) is 0 Å². The summed E-state index contributed by atoms with van der Waals surface area (Å²) in [4.78, 5) is 8.00. The molecule has 1 radical (unpaired) electrons. The zero-order valence-corrected chi connectivity index (χ0v) is 5.95. The molecule has 0 spiro atoms. The summed E-state index contributed by atoms with van der Waals surface area (Å²) in [5.74, 6) is 0. The summed E-state index contributed by atoms with van der Waals surface area (Å²) in [6.07, 6.45) is 5.69. The first kappa shape index (κ1) is 6.69. The summed E-state index contributed by atoms with van der Waals surface area (Å²) in [5.41, 5.74) is 0.769. The lowest BCUT2D eigenvalue weighted by Crippen LogP contribution is -2.16. The summed E-state index contributed by atoms with van der Waals surface area (Å²) in [6.45, 7) is 1.57. The summed E-state index contributed by atoms with van der Waals surface area (Å²) in [7, 11) is 0. The van der Waals surface area contributed by atoms with Crippen LogP contribution in [0.15, 0.2) is 18.6 Å². The largest absolute Gasteiger partial charge is 0.349 e. The smallest absolute Gasteiger partial charge is 0.213 e. The van der Waals surface area contributed by atoms with Gasteiger partial charge in [0.1, 0.15) is 5.69 Å². The Morgan fingerprint density at radius 1 is 1.45 bits per heavy atom. The second-order valence-electron chi connectivity index (χ2n) is 2.20. The molecule has 1 aliphatic rings. The van der Waals surface area contributed by atoms with Crippen molar-refractivity contribution in [2.45, 2.75) is 0 Å². The predicted octanol–water partition coefficient (Wildman–Crippen LogP) is -0.0660. The number of nitrogens with zero attached hydrogens (tertiary/aromatic N) is 2. The molecule has 2 heterocycles. The third-order valence-electron chi connectivity index (χ3n) is 1.43. The fraction of sp³-hybridized carbons (Fsp3) is 0.286. The van der Waals surface area contributed by atoms with E-state index in [1.165, 1.54) is 0 Å². The number of nitrogens with one attached hydrogen (secondary N) is 1.